The Morgan fingerprint density at radius 1 is 0.900 bits per heavy atom. The standard InChI is InChI=1S/C27H19Br2IN2O8/c1-37-20-10-14(11-21(38-2)23(20)39-3)26(35)40-22-13(8-15(28)12-19(22)29)9-18-24(33)31-27(36)32(25(18)34)17-6-4-16(30)5-7-17/h4-12H,1-3H3,(H,31,33,36)/b18-9-. The van der Waals surface area contributed by atoms with Crippen molar-refractivity contribution in [2.75, 3.05) is 26.2 Å². The van der Waals surface area contributed by atoms with Crippen LogP contribution in [0.5, 0.6) is 23.0 Å². The number of nitrogens with zero attached hydrogens (tertiary/aromatic N) is 1. The van der Waals surface area contributed by atoms with Gasteiger partial charge in [0, 0.05) is 13.6 Å². The maximum absolute atomic E-state index is 13.4. The number of barbiturate groups is 1. The van der Waals surface area contributed by atoms with Gasteiger partial charge in [-0.3, -0.25) is 14.9 Å². The molecule has 0 atom stereocenters. The Morgan fingerprint density at radius 3 is 2.10 bits per heavy atom. The number of nitrogens with one attached hydrogen (secondary N) is 1. The molecule has 10 nitrogen and oxygen atoms in total. The van der Waals surface area contributed by atoms with Crippen LogP contribution in [0.3, 0.4) is 0 Å². The van der Waals surface area contributed by atoms with Crippen molar-refractivity contribution in [2.45, 2.75) is 0 Å². The number of esters is 1. The van der Waals surface area contributed by atoms with E-state index in [1.807, 2.05) is 0 Å². The van der Waals surface area contributed by atoms with Gasteiger partial charge in [-0.05, 0) is 93.1 Å². The number of hydrogen-bond donors (Lipinski definition) is 1. The number of carbonyl (C=O) groups excluding carboxylic acids is 4. The van der Waals surface area contributed by atoms with Gasteiger partial charge in [-0.25, -0.2) is 14.5 Å². The van der Waals surface area contributed by atoms with Crippen LogP contribution < -0.4 is 29.2 Å². The number of rotatable bonds is 7. The molecule has 40 heavy (non-hydrogen) atoms. The first kappa shape index (κ1) is 29.6. The lowest BCUT2D eigenvalue weighted by Crippen LogP contribution is -2.54. The Kier molecular flexibility index (Phi) is 9.15. The number of amides is 4. The van der Waals surface area contributed by atoms with Crippen molar-refractivity contribution in [2.24, 2.45) is 0 Å². The highest BCUT2D eigenvalue weighted by Gasteiger charge is 2.37. The number of urea groups is 1. The normalized spacial score (nSPS) is 14.2. The van der Waals surface area contributed by atoms with Crippen LogP contribution in [0.4, 0.5) is 10.5 Å². The van der Waals surface area contributed by atoms with Gasteiger partial charge in [0.15, 0.2) is 17.2 Å². The molecule has 1 aliphatic heterocycles. The Hall–Kier alpha value is -3.43. The van der Waals surface area contributed by atoms with Gasteiger partial charge in [0.25, 0.3) is 11.8 Å². The maximum atomic E-state index is 13.4. The Bertz CT molecular complexity index is 1550. The maximum Gasteiger partial charge on any atom is 0.343 e. The Morgan fingerprint density at radius 2 is 1.52 bits per heavy atom. The first-order valence-corrected chi connectivity index (χ1v) is 13.9. The van der Waals surface area contributed by atoms with Gasteiger partial charge in [0.2, 0.25) is 5.75 Å². The molecule has 0 unspecified atom stereocenters. The average Bonchev–Trinajstić information content (AvgIpc) is 2.92. The SMILES string of the molecule is COc1cc(C(=O)Oc2c(Br)cc(Br)cc2/C=C2/C(=O)NC(=O)N(c3ccc(I)cc3)C2=O)cc(OC)c1OC. The van der Waals surface area contributed by atoms with Crippen molar-refractivity contribution < 1.29 is 38.1 Å². The monoisotopic (exact) mass is 784 g/mol. The zero-order chi connectivity index (χ0) is 29.1. The Balaban J connectivity index is 1.75. The zero-order valence-corrected chi connectivity index (χ0v) is 26.4. The van der Waals surface area contributed by atoms with Crippen LogP contribution in [0, 0.1) is 3.57 Å². The average molecular weight is 786 g/mol. The molecular weight excluding hydrogens is 767 g/mol. The van der Waals surface area contributed by atoms with E-state index >= 15 is 0 Å². The summed E-state index contributed by atoms with van der Waals surface area (Å²) < 4.78 is 23.5. The van der Waals surface area contributed by atoms with Crippen LogP contribution in [0.1, 0.15) is 15.9 Å². The fourth-order valence-corrected chi connectivity index (χ4v) is 5.48. The molecule has 3 aromatic carbocycles. The number of benzene rings is 3. The van der Waals surface area contributed by atoms with E-state index in [0.29, 0.717) is 14.7 Å². The fourth-order valence-electron chi connectivity index (χ4n) is 3.78. The van der Waals surface area contributed by atoms with E-state index in [4.69, 9.17) is 18.9 Å². The summed E-state index contributed by atoms with van der Waals surface area (Å²) in [5, 5.41) is 2.18. The van der Waals surface area contributed by atoms with E-state index in [0.717, 1.165) is 8.47 Å². The third-order valence-corrected chi connectivity index (χ3v) is 7.38. The number of ether oxygens (including phenoxy) is 4. The lowest BCUT2D eigenvalue weighted by atomic mass is 10.1. The van der Waals surface area contributed by atoms with E-state index < -0.39 is 23.8 Å². The smallest absolute Gasteiger partial charge is 0.343 e. The third-order valence-electron chi connectivity index (χ3n) is 5.62. The van der Waals surface area contributed by atoms with Gasteiger partial charge in [0.1, 0.15) is 5.57 Å². The van der Waals surface area contributed by atoms with Crippen LogP contribution in [0.25, 0.3) is 6.08 Å². The van der Waals surface area contributed by atoms with Crippen LogP contribution in [-0.4, -0.2) is 45.1 Å². The molecule has 0 spiro atoms. The second-order valence-corrected chi connectivity index (χ2v) is 11.1. The van der Waals surface area contributed by atoms with E-state index in [9.17, 15) is 19.2 Å². The molecule has 4 rings (SSSR count). The summed E-state index contributed by atoms with van der Waals surface area (Å²) in [6, 6.07) is 11.8. The molecule has 4 amide bonds. The van der Waals surface area contributed by atoms with Gasteiger partial charge in [0.05, 0.1) is 37.1 Å². The number of anilines is 1. The lowest BCUT2D eigenvalue weighted by molar-refractivity contribution is -0.122. The van der Waals surface area contributed by atoms with Crippen molar-refractivity contribution in [1.29, 1.82) is 0 Å². The molecule has 1 saturated heterocycles. The molecule has 1 heterocycles. The fraction of sp³-hybridized carbons (Fsp3) is 0.111. The third kappa shape index (κ3) is 6.00. The zero-order valence-electron chi connectivity index (χ0n) is 21.0. The second-order valence-electron chi connectivity index (χ2n) is 8.04. The van der Waals surface area contributed by atoms with Crippen molar-refractivity contribution in [1.82, 2.24) is 5.32 Å². The highest BCUT2D eigenvalue weighted by atomic mass is 127. The highest BCUT2D eigenvalue weighted by Crippen LogP contribution is 2.40. The molecule has 0 saturated carbocycles. The van der Waals surface area contributed by atoms with Crippen LogP contribution in [-0.2, 0) is 9.59 Å². The number of imide groups is 2. The summed E-state index contributed by atoms with van der Waals surface area (Å²) in [4.78, 5) is 52.8. The number of hydrogen-bond acceptors (Lipinski definition) is 8. The minimum atomic E-state index is -0.894. The van der Waals surface area contributed by atoms with E-state index in [1.54, 1.807) is 36.4 Å². The minimum Gasteiger partial charge on any atom is -0.493 e. The largest absolute Gasteiger partial charge is 0.493 e. The van der Waals surface area contributed by atoms with Crippen molar-refractivity contribution in [3.05, 3.63) is 77.7 Å². The van der Waals surface area contributed by atoms with Gasteiger partial charge < -0.3 is 18.9 Å². The van der Waals surface area contributed by atoms with Gasteiger partial charge in [-0.2, -0.15) is 0 Å². The summed E-state index contributed by atoms with van der Waals surface area (Å²) in [6.45, 7) is 0. The summed E-state index contributed by atoms with van der Waals surface area (Å²) in [7, 11) is 4.27. The number of methoxy groups -OCH3 is 3. The number of halogens is 3. The van der Waals surface area contributed by atoms with E-state index in [2.05, 4.69) is 59.8 Å². The molecule has 0 radical (unpaired) electrons. The summed E-state index contributed by atoms with van der Waals surface area (Å²) >= 11 is 8.85. The summed E-state index contributed by atoms with van der Waals surface area (Å²) in [5.74, 6) is -1.70. The molecule has 0 aromatic heterocycles. The van der Waals surface area contributed by atoms with Gasteiger partial charge in [-0.1, -0.05) is 15.9 Å². The van der Waals surface area contributed by atoms with E-state index in [-0.39, 0.29) is 39.6 Å². The molecule has 3 aromatic rings. The molecule has 206 valence electrons. The molecular formula is C27H19Br2IN2O8. The Labute approximate surface area is 259 Å². The summed E-state index contributed by atoms with van der Waals surface area (Å²) in [6.07, 6.45) is 1.25. The second kappa shape index (κ2) is 12.4. The van der Waals surface area contributed by atoms with Crippen molar-refractivity contribution in [3.8, 4) is 23.0 Å². The van der Waals surface area contributed by atoms with Crippen LogP contribution in [0.15, 0.2) is 63.0 Å². The quantitative estimate of drug-likeness (QED) is 0.106. The van der Waals surface area contributed by atoms with Gasteiger partial charge in [-0.15, -0.1) is 0 Å². The summed E-state index contributed by atoms with van der Waals surface area (Å²) in [5.41, 5.74) is 0.237. The molecule has 13 heteroatoms. The topological polar surface area (TPSA) is 120 Å². The number of carbonyl (C=O) groups is 4. The predicted molar refractivity (Wildman–Crippen MR) is 161 cm³/mol. The first-order chi connectivity index (χ1) is 19.1. The van der Waals surface area contributed by atoms with Crippen LogP contribution >= 0.6 is 54.5 Å². The van der Waals surface area contributed by atoms with Crippen LogP contribution in [0.2, 0.25) is 0 Å². The minimum absolute atomic E-state index is 0.0211. The highest BCUT2D eigenvalue weighted by molar-refractivity contribution is 14.1. The lowest BCUT2D eigenvalue weighted by Gasteiger charge is -2.26. The van der Waals surface area contributed by atoms with E-state index in [1.165, 1.54) is 39.5 Å². The van der Waals surface area contributed by atoms with Crippen molar-refractivity contribution in [3.63, 3.8) is 0 Å². The molecule has 1 N–H and O–H groups in total. The van der Waals surface area contributed by atoms with Crippen molar-refractivity contribution >= 4 is 90.0 Å². The molecule has 1 fully saturated rings. The first-order valence-electron chi connectivity index (χ1n) is 11.3. The molecule has 0 aliphatic carbocycles. The predicted octanol–water partition coefficient (Wildman–Crippen LogP) is 5.73. The molecule has 1 aliphatic rings. The molecule has 0 bridgehead atoms. The van der Waals surface area contributed by atoms with Gasteiger partial charge >= 0.3 is 12.0 Å².